The van der Waals surface area contributed by atoms with Crippen LogP contribution in [-0.2, 0) is 28.7 Å². The summed E-state index contributed by atoms with van der Waals surface area (Å²) in [5.74, 6) is -3.20. The van der Waals surface area contributed by atoms with Crippen LogP contribution in [0.2, 0.25) is 0 Å². The van der Waals surface area contributed by atoms with Crippen LogP contribution in [0.3, 0.4) is 0 Å². The van der Waals surface area contributed by atoms with Crippen molar-refractivity contribution in [2.75, 3.05) is 6.54 Å². The lowest BCUT2D eigenvalue weighted by atomic mass is 9.73. The summed E-state index contributed by atoms with van der Waals surface area (Å²) in [6, 6.07) is -3.00. The number of likely N-dealkylation sites (tertiary alicyclic amines) is 1. The van der Waals surface area contributed by atoms with Crippen LogP contribution in [0.5, 0.6) is 0 Å². The molecule has 12 heteroatoms. The van der Waals surface area contributed by atoms with Gasteiger partial charge in [-0.05, 0) is 82.5 Å². The number of amides is 5. The second-order valence-electron chi connectivity index (χ2n) is 17.7. The van der Waals surface area contributed by atoms with Gasteiger partial charge in [-0.3, -0.25) is 24.0 Å². The van der Waals surface area contributed by atoms with Crippen molar-refractivity contribution in [3.05, 3.63) is 0 Å². The Kier molecular flexibility index (Phi) is 9.40. The first-order valence-corrected chi connectivity index (χ1v) is 17.2. The van der Waals surface area contributed by atoms with Crippen molar-refractivity contribution in [1.29, 1.82) is 0 Å². The number of nitrogens with one attached hydrogen (secondary N) is 3. The van der Waals surface area contributed by atoms with Gasteiger partial charge in [0.05, 0.1) is 6.04 Å². The highest BCUT2D eigenvalue weighted by Gasteiger charge is 2.85. The average Bonchev–Trinajstić information content (AvgIpc) is 3.10. The predicted octanol–water partition coefficient (Wildman–Crippen LogP) is 3.35. The van der Waals surface area contributed by atoms with Crippen LogP contribution >= 0.6 is 0 Å². The van der Waals surface area contributed by atoms with E-state index in [0.29, 0.717) is 19.4 Å². The Hall–Kier alpha value is -3.18. The van der Waals surface area contributed by atoms with Gasteiger partial charge in [0.1, 0.15) is 23.2 Å². The molecule has 4 aliphatic rings. The third kappa shape index (κ3) is 6.62. The van der Waals surface area contributed by atoms with Crippen molar-refractivity contribution in [3.8, 4) is 0 Å². The van der Waals surface area contributed by atoms with E-state index in [0.717, 1.165) is 38.5 Å². The van der Waals surface area contributed by atoms with E-state index in [9.17, 15) is 28.8 Å². The van der Waals surface area contributed by atoms with Crippen LogP contribution in [0.4, 0.5) is 4.79 Å². The smallest absolute Gasteiger partial charge is 0.408 e. The largest absolute Gasteiger partial charge is 0.444 e. The molecule has 0 aromatic carbocycles. The maximum Gasteiger partial charge on any atom is 0.408 e. The maximum absolute atomic E-state index is 14.7. The summed E-state index contributed by atoms with van der Waals surface area (Å²) in [7, 11) is 0. The first kappa shape index (κ1) is 36.7. The third-order valence-electron chi connectivity index (χ3n) is 11.8. The highest BCUT2D eigenvalue weighted by molar-refractivity contribution is 6.37. The Morgan fingerprint density at radius 3 is 1.91 bits per heavy atom. The van der Waals surface area contributed by atoms with Crippen LogP contribution in [-0.4, -0.2) is 76.2 Å². The molecule has 4 fully saturated rings. The van der Waals surface area contributed by atoms with Gasteiger partial charge in [0.15, 0.2) is 0 Å². The number of nitrogens with two attached hydrogens (primary N) is 1. The average molecular weight is 660 g/mol. The molecule has 1 aliphatic heterocycles. The fourth-order valence-corrected chi connectivity index (χ4v) is 8.54. The minimum absolute atomic E-state index is 0.0156. The van der Waals surface area contributed by atoms with Crippen molar-refractivity contribution in [3.63, 3.8) is 0 Å². The Bertz CT molecular complexity index is 1320. The Balaban J connectivity index is 1.62. The van der Waals surface area contributed by atoms with Crippen LogP contribution in [0, 0.1) is 27.6 Å². The van der Waals surface area contributed by atoms with E-state index in [1.54, 1.807) is 25.7 Å². The van der Waals surface area contributed by atoms with Gasteiger partial charge in [0.2, 0.25) is 23.5 Å². The van der Waals surface area contributed by atoms with Gasteiger partial charge in [0, 0.05) is 12.0 Å². The molecule has 0 bridgehead atoms. The molecule has 5 N–H and O–H groups in total. The van der Waals surface area contributed by atoms with Gasteiger partial charge in [-0.15, -0.1) is 0 Å². The highest BCUT2D eigenvalue weighted by atomic mass is 16.6. The molecular weight excluding hydrogens is 602 g/mol. The standard InChI is InChI=1S/C35H57N5O7/c1-30(2,3)24(38-28(45)32(7,8)39-29(46)47-31(4,5)6)27(44)40-19-35(33(9,10)34(35)15-12-16-34)18-22(40)26(43)37-21(23(41)25(36)42)17-20-13-11-14-20/h20-22,24H,11-19H2,1-10H3,(H2,36,42)(H,37,43)(H,38,45)(H,39,46)/t21?,22-,24+,35+/m0/s1. The zero-order chi connectivity index (χ0) is 35.5. The van der Waals surface area contributed by atoms with Crippen molar-refractivity contribution in [1.82, 2.24) is 20.9 Å². The number of Topliss-reactive ketones (excluding diaryl/α,β-unsaturated/α-hetero) is 1. The number of rotatable bonds is 10. The Morgan fingerprint density at radius 2 is 1.49 bits per heavy atom. The van der Waals surface area contributed by atoms with Crippen molar-refractivity contribution in [2.24, 2.45) is 33.3 Å². The number of carbonyl (C=O) groups excluding carboxylic acids is 6. The molecule has 264 valence electrons. The molecule has 3 aliphatic carbocycles. The van der Waals surface area contributed by atoms with E-state index in [2.05, 4.69) is 29.8 Å². The predicted molar refractivity (Wildman–Crippen MR) is 176 cm³/mol. The molecule has 5 amide bonds. The Morgan fingerprint density at radius 1 is 0.894 bits per heavy atom. The lowest BCUT2D eigenvalue weighted by Gasteiger charge is -2.38. The van der Waals surface area contributed by atoms with Crippen molar-refractivity contribution >= 4 is 35.5 Å². The fraction of sp³-hybridized carbons (Fsp3) is 0.829. The number of hydrogen-bond donors (Lipinski definition) is 4. The minimum atomic E-state index is -1.42. The van der Waals surface area contributed by atoms with E-state index in [-0.39, 0.29) is 22.2 Å². The number of hydrogen-bond acceptors (Lipinski definition) is 7. The number of primary amides is 1. The normalized spacial score (nSPS) is 26.0. The summed E-state index contributed by atoms with van der Waals surface area (Å²) in [6.45, 7) is 18.5. The summed E-state index contributed by atoms with van der Waals surface area (Å²) < 4.78 is 5.35. The maximum atomic E-state index is 14.7. The van der Waals surface area contributed by atoms with Gasteiger partial charge >= 0.3 is 6.09 Å². The van der Waals surface area contributed by atoms with E-state index >= 15 is 0 Å². The first-order valence-electron chi connectivity index (χ1n) is 17.2. The molecular formula is C35H57N5O7. The molecule has 0 radical (unpaired) electrons. The zero-order valence-electron chi connectivity index (χ0n) is 30.1. The SMILES string of the molecule is CC(C)(C)OC(=O)NC(C)(C)C(=O)N[C@H](C(=O)N1C[C@]2(C[C@H]1C(=O)NC(CC1CCC1)C(=O)C(N)=O)C(C)(C)C21CCC1)C(C)(C)C. The van der Waals surface area contributed by atoms with Crippen LogP contribution in [0.1, 0.15) is 121 Å². The Labute approximate surface area is 279 Å². The summed E-state index contributed by atoms with van der Waals surface area (Å²) >= 11 is 0. The fourth-order valence-electron chi connectivity index (χ4n) is 8.54. The first-order chi connectivity index (χ1) is 21.4. The van der Waals surface area contributed by atoms with Gasteiger partial charge in [-0.25, -0.2) is 4.79 Å². The number of ether oxygens (including phenoxy) is 1. The summed E-state index contributed by atoms with van der Waals surface area (Å²) in [4.78, 5) is 81.4. The lowest BCUT2D eigenvalue weighted by molar-refractivity contribution is -0.145. The molecule has 0 aromatic rings. The van der Waals surface area contributed by atoms with E-state index in [1.807, 2.05) is 20.8 Å². The zero-order valence-corrected chi connectivity index (χ0v) is 30.1. The molecule has 1 saturated heterocycles. The molecule has 47 heavy (non-hydrogen) atoms. The van der Waals surface area contributed by atoms with Gasteiger partial charge in [-0.2, -0.15) is 0 Å². The third-order valence-corrected chi connectivity index (χ3v) is 11.8. The monoisotopic (exact) mass is 659 g/mol. The quantitative estimate of drug-likeness (QED) is 0.260. The van der Waals surface area contributed by atoms with Crippen LogP contribution in [0.25, 0.3) is 0 Å². The number of ketones is 1. The number of fused-ring (bicyclic) bond motifs is 1. The summed E-state index contributed by atoms with van der Waals surface area (Å²) in [5, 5.41) is 8.32. The summed E-state index contributed by atoms with van der Waals surface area (Å²) in [6.07, 6.45) is 5.98. The molecule has 4 rings (SSSR count). The second-order valence-corrected chi connectivity index (χ2v) is 17.7. The molecule has 3 saturated carbocycles. The van der Waals surface area contributed by atoms with Crippen LogP contribution in [0.15, 0.2) is 0 Å². The second kappa shape index (κ2) is 12.1. The molecule has 12 nitrogen and oxygen atoms in total. The highest BCUT2D eigenvalue weighted by Crippen LogP contribution is 2.88. The van der Waals surface area contributed by atoms with E-state index in [1.165, 1.54) is 13.8 Å². The minimum Gasteiger partial charge on any atom is -0.444 e. The summed E-state index contributed by atoms with van der Waals surface area (Å²) in [5.41, 5.74) is 2.02. The topological polar surface area (TPSA) is 177 Å². The lowest BCUT2D eigenvalue weighted by Crippen LogP contribution is -2.63. The molecule has 4 atom stereocenters. The van der Waals surface area contributed by atoms with Crippen molar-refractivity contribution in [2.45, 2.75) is 150 Å². The van der Waals surface area contributed by atoms with Crippen LogP contribution < -0.4 is 21.7 Å². The molecule has 2 spiro atoms. The van der Waals surface area contributed by atoms with Gasteiger partial charge in [-0.1, -0.05) is 60.3 Å². The number of nitrogens with zero attached hydrogens (tertiary/aromatic N) is 1. The molecule has 1 unspecified atom stereocenters. The van der Waals surface area contributed by atoms with E-state index < -0.39 is 70.2 Å². The van der Waals surface area contributed by atoms with Gasteiger partial charge < -0.3 is 31.3 Å². The number of alkyl carbamates (subject to hydrolysis) is 1. The van der Waals surface area contributed by atoms with Crippen molar-refractivity contribution < 1.29 is 33.5 Å². The molecule has 0 aromatic heterocycles. The number of carbonyl (C=O) groups is 6. The van der Waals surface area contributed by atoms with Gasteiger partial charge in [0.25, 0.3) is 5.91 Å². The molecule has 1 heterocycles. The van der Waals surface area contributed by atoms with E-state index in [4.69, 9.17) is 10.5 Å².